The van der Waals surface area contributed by atoms with Crippen molar-refractivity contribution in [3.05, 3.63) is 47.2 Å². The zero-order valence-electron chi connectivity index (χ0n) is 11.5. The molecule has 5 nitrogen and oxygen atoms in total. The van der Waals surface area contributed by atoms with E-state index in [2.05, 4.69) is 10.2 Å². The lowest BCUT2D eigenvalue weighted by Gasteiger charge is -2.22. The normalized spacial score (nSPS) is 22.9. The highest BCUT2D eigenvalue weighted by Gasteiger charge is 2.33. The van der Waals surface area contributed by atoms with Crippen molar-refractivity contribution in [2.45, 2.75) is 32.0 Å². The molecule has 1 aliphatic heterocycles. The summed E-state index contributed by atoms with van der Waals surface area (Å²) < 4.78 is 31.8. The van der Waals surface area contributed by atoms with E-state index in [4.69, 9.17) is 4.42 Å². The first-order chi connectivity index (χ1) is 10.0. The minimum Gasteiger partial charge on any atom is -0.424 e. The van der Waals surface area contributed by atoms with E-state index in [1.54, 1.807) is 6.92 Å². The van der Waals surface area contributed by atoms with Crippen LogP contribution in [0.15, 0.2) is 22.6 Å². The molecule has 1 aromatic carbocycles. The predicted molar refractivity (Wildman–Crippen MR) is 69.2 cm³/mol. The second kappa shape index (κ2) is 5.50. The van der Waals surface area contributed by atoms with Gasteiger partial charge in [-0.15, -0.1) is 10.2 Å². The summed E-state index contributed by atoms with van der Waals surface area (Å²) in [5.41, 5.74) is 0.627. The second-order valence-corrected chi connectivity index (χ2v) is 5.22. The zero-order valence-corrected chi connectivity index (χ0v) is 11.5. The quantitative estimate of drug-likeness (QED) is 0.938. The molecule has 2 heterocycles. The molecule has 1 fully saturated rings. The van der Waals surface area contributed by atoms with E-state index < -0.39 is 17.7 Å². The van der Waals surface area contributed by atoms with Gasteiger partial charge in [0, 0.05) is 19.5 Å². The monoisotopic (exact) mass is 295 g/mol. The van der Waals surface area contributed by atoms with Crippen LogP contribution in [0.3, 0.4) is 0 Å². The molecule has 0 bridgehead atoms. The van der Waals surface area contributed by atoms with Crippen molar-refractivity contribution in [1.82, 2.24) is 15.1 Å². The number of aryl methyl sites for hydroxylation is 1. The van der Waals surface area contributed by atoms with E-state index in [0.717, 1.165) is 6.07 Å². The molecular formula is C14H15F2N3O2. The van der Waals surface area contributed by atoms with Crippen LogP contribution in [0.5, 0.6) is 0 Å². The average Bonchev–Trinajstić information content (AvgIpc) is 3.00. The smallest absolute Gasteiger partial charge is 0.230 e. The highest BCUT2D eigenvalue weighted by Crippen LogP contribution is 2.33. The van der Waals surface area contributed by atoms with Crippen molar-refractivity contribution in [1.29, 1.82) is 0 Å². The van der Waals surface area contributed by atoms with Gasteiger partial charge in [0.25, 0.3) is 0 Å². The number of aliphatic hydroxyl groups is 1. The standard InChI is InChI=1S/C14H15F2N3O2/c1-8-17-18-14(21-8)7-19-6-10(20)5-13(19)9-2-3-11(15)12(16)4-9/h2-4,10,13,20H,5-7H2,1H3/t10-,13+/m1/s1. The molecule has 0 saturated carbocycles. The first-order valence-corrected chi connectivity index (χ1v) is 6.69. The van der Waals surface area contributed by atoms with E-state index in [1.807, 2.05) is 4.90 Å². The van der Waals surface area contributed by atoms with Crippen LogP contribution in [0.2, 0.25) is 0 Å². The summed E-state index contributed by atoms with van der Waals surface area (Å²) in [7, 11) is 0. The number of hydrogen-bond acceptors (Lipinski definition) is 5. The van der Waals surface area contributed by atoms with E-state index >= 15 is 0 Å². The number of aliphatic hydroxyl groups excluding tert-OH is 1. The Kier molecular flexibility index (Phi) is 3.69. The maximum atomic E-state index is 13.4. The van der Waals surface area contributed by atoms with Crippen molar-refractivity contribution < 1.29 is 18.3 Å². The molecule has 112 valence electrons. The fraction of sp³-hybridized carbons (Fsp3) is 0.429. The van der Waals surface area contributed by atoms with Crippen LogP contribution >= 0.6 is 0 Å². The molecule has 7 heteroatoms. The fourth-order valence-corrected chi connectivity index (χ4v) is 2.70. The van der Waals surface area contributed by atoms with Gasteiger partial charge in [-0.05, 0) is 24.1 Å². The molecule has 1 aromatic heterocycles. The van der Waals surface area contributed by atoms with Crippen LogP contribution in [0.25, 0.3) is 0 Å². The summed E-state index contributed by atoms with van der Waals surface area (Å²) >= 11 is 0. The van der Waals surface area contributed by atoms with Crippen molar-refractivity contribution in [2.75, 3.05) is 6.54 Å². The first-order valence-electron chi connectivity index (χ1n) is 6.69. The summed E-state index contributed by atoms with van der Waals surface area (Å²) in [6.07, 6.45) is -0.0646. The van der Waals surface area contributed by atoms with Crippen LogP contribution in [-0.4, -0.2) is 32.9 Å². The van der Waals surface area contributed by atoms with Gasteiger partial charge < -0.3 is 9.52 Å². The number of benzene rings is 1. The summed E-state index contributed by atoms with van der Waals surface area (Å²) in [6.45, 7) is 2.48. The Hall–Kier alpha value is -1.86. The third-order valence-corrected chi connectivity index (χ3v) is 3.62. The van der Waals surface area contributed by atoms with Gasteiger partial charge in [0.1, 0.15) is 0 Å². The number of rotatable bonds is 3. The lowest BCUT2D eigenvalue weighted by Crippen LogP contribution is -2.24. The number of halogens is 2. The summed E-state index contributed by atoms with van der Waals surface area (Å²) in [4.78, 5) is 1.92. The number of aromatic nitrogens is 2. The number of hydrogen-bond donors (Lipinski definition) is 1. The summed E-state index contributed by atoms with van der Waals surface area (Å²) in [5.74, 6) is -0.859. The SMILES string of the molecule is Cc1nnc(CN2C[C@H](O)C[C@H]2c2ccc(F)c(F)c2)o1. The van der Waals surface area contributed by atoms with Gasteiger partial charge in [-0.25, -0.2) is 8.78 Å². The topological polar surface area (TPSA) is 62.4 Å². The Morgan fingerprint density at radius 1 is 1.33 bits per heavy atom. The molecule has 21 heavy (non-hydrogen) atoms. The van der Waals surface area contributed by atoms with Gasteiger partial charge >= 0.3 is 0 Å². The van der Waals surface area contributed by atoms with Crippen LogP contribution in [0.4, 0.5) is 8.78 Å². The van der Waals surface area contributed by atoms with E-state index in [-0.39, 0.29) is 6.04 Å². The molecule has 2 atom stereocenters. The molecule has 2 aromatic rings. The van der Waals surface area contributed by atoms with Crippen molar-refractivity contribution in [3.8, 4) is 0 Å². The molecule has 0 amide bonds. The molecule has 1 saturated heterocycles. The van der Waals surface area contributed by atoms with Gasteiger partial charge in [0.05, 0.1) is 12.6 Å². The first kappa shape index (κ1) is 14.1. The highest BCUT2D eigenvalue weighted by atomic mass is 19.2. The Morgan fingerprint density at radius 2 is 2.14 bits per heavy atom. The lowest BCUT2D eigenvalue weighted by molar-refractivity contribution is 0.167. The third-order valence-electron chi connectivity index (χ3n) is 3.62. The molecule has 1 aliphatic rings. The molecule has 0 unspecified atom stereocenters. The lowest BCUT2D eigenvalue weighted by atomic mass is 10.0. The molecule has 1 N–H and O–H groups in total. The average molecular weight is 295 g/mol. The maximum absolute atomic E-state index is 13.4. The van der Waals surface area contributed by atoms with Crippen LogP contribution in [0.1, 0.15) is 29.8 Å². The minimum absolute atomic E-state index is 0.206. The van der Waals surface area contributed by atoms with Crippen molar-refractivity contribution in [2.24, 2.45) is 0 Å². The van der Waals surface area contributed by atoms with Gasteiger partial charge in [-0.2, -0.15) is 0 Å². The van der Waals surface area contributed by atoms with Crippen molar-refractivity contribution >= 4 is 0 Å². The van der Waals surface area contributed by atoms with Crippen LogP contribution in [0, 0.1) is 18.6 Å². The van der Waals surface area contributed by atoms with Crippen LogP contribution in [-0.2, 0) is 6.54 Å². The summed E-state index contributed by atoms with van der Waals surface area (Å²) in [6, 6.07) is 3.60. The Morgan fingerprint density at radius 3 is 2.81 bits per heavy atom. The summed E-state index contributed by atoms with van der Waals surface area (Å²) in [5, 5.41) is 17.5. The van der Waals surface area contributed by atoms with E-state index in [0.29, 0.717) is 36.9 Å². The van der Waals surface area contributed by atoms with Gasteiger partial charge in [0.15, 0.2) is 11.6 Å². The minimum atomic E-state index is -0.887. The molecule has 0 aliphatic carbocycles. The Bertz CT molecular complexity index is 647. The highest BCUT2D eigenvalue weighted by molar-refractivity contribution is 5.22. The number of likely N-dealkylation sites (tertiary alicyclic amines) is 1. The van der Waals surface area contributed by atoms with Gasteiger partial charge in [-0.1, -0.05) is 6.07 Å². The largest absolute Gasteiger partial charge is 0.424 e. The third kappa shape index (κ3) is 2.93. The predicted octanol–water partition coefficient (Wildman–Crippen LogP) is 1.96. The fourth-order valence-electron chi connectivity index (χ4n) is 2.70. The van der Waals surface area contributed by atoms with Gasteiger partial charge in [-0.3, -0.25) is 4.90 Å². The zero-order chi connectivity index (χ0) is 15.0. The molecule has 0 radical (unpaired) electrons. The molecule has 0 spiro atoms. The van der Waals surface area contributed by atoms with Crippen LogP contribution < -0.4 is 0 Å². The Balaban J connectivity index is 1.83. The van der Waals surface area contributed by atoms with Gasteiger partial charge in [0.2, 0.25) is 11.8 Å². The number of β-amino-alcohol motifs (C(OH)–C–C–N with tert-alkyl or cyclic N) is 1. The maximum Gasteiger partial charge on any atom is 0.230 e. The van der Waals surface area contributed by atoms with Crippen molar-refractivity contribution in [3.63, 3.8) is 0 Å². The number of nitrogens with zero attached hydrogens (tertiary/aromatic N) is 3. The second-order valence-electron chi connectivity index (χ2n) is 5.22. The molecule has 3 rings (SSSR count). The Labute approximate surface area is 120 Å². The van der Waals surface area contributed by atoms with E-state index in [9.17, 15) is 13.9 Å². The van der Waals surface area contributed by atoms with E-state index in [1.165, 1.54) is 12.1 Å². The molecular weight excluding hydrogens is 280 g/mol.